The van der Waals surface area contributed by atoms with Gasteiger partial charge in [-0.3, -0.25) is 0 Å². The molecule has 2 nitrogen and oxygen atoms in total. The molecule has 1 unspecified atom stereocenters. The molecule has 2 saturated carbocycles. The third kappa shape index (κ3) is 4.84. The van der Waals surface area contributed by atoms with Crippen molar-refractivity contribution in [1.82, 2.24) is 10.6 Å². The summed E-state index contributed by atoms with van der Waals surface area (Å²) in [6.07, 6.45) is 8.39. The van der Waals surface area contributed by atoms with Gasteiger partial charge in [-0.1, -0.05) is 13.8 Å². The molecule has 0 aromatic rings. The molecule has 0 amide bonds. The summed E-state index contributed by atoms with van der Waals surface area (Å²) in [5.41, 5.74) is 0. The molecule has 2 aliphatic carbocycles. The molecule has 16 heavy (non-hydrogen) atoms. The van der Waals surface area contributed by atoms with Crippen LogP contribution in [0.4, 0.5) is 0 Å². The summed E-state index contributed by atoms with van der Waals surface area (Å²) in [5, 5.41) is 7.29. The van der Waals surface area contributed by atoms with Gasteiger partial charge in [0.1, 0.15) is 0 Å². The molecule has 2 aliphatic rings. The highest BCUT2D eigenvalue weighted by Gasteiger charge is 2.23. The fourth-order valence-corrected chi connectivity index (χ4v) is 2.23. The lowest BCUT2D eigenvalue weighted by Crippen LogP contribution is -2.28. The molecule has 0 aliphatic heterocycles. The van der Waals surface area contributed by atoms with Crippen molar-refractivity contribution in [3.63, 3.8) is 0 Å². The van der Waals surface area contributed by atoms with Crippen LogP contribution in [-0.2, 0) is 0 Å². The summed E-state index contributed by atoms with van der Waals surface area (Å²) in [5.74, 6) is 1.70. The standard InChI is InChI=1S/C14H28N2/c1-11(2)12(10-16-14-7-8-14)4-3-9-15-13-5-6-13/h11-16H,3-10H2,1-2H3. The van der Waals surface area contributed by atoms with Crippen LogP contribution in [0.1, 0.15) is 52.4 Å². The largest absolute Gasteiger partial charge is 0.314 e. The van der Waals surface area contributed by atoms with Gasteiger partial charge in [0.15, 0.2) is 0 Å². The highest BCUT2D eigenvalue weighted by Crippen LogP contribution is 2.22. The van der Waals surface area contributed by atoms with E-state index in [9.17, 15) is 0 Å². The van der Waals surface area contributed by atoms with Gasteiger partial charge < -0.3 is 10.6 Å². The minimum Gasteiger partial charge on any atom is -0.314 e. The Bertz CT molecular complexity index is 195. The predicted octanol–water partition coefficient (Wildman–Crippen LogP) is 2.54. The number of nitrogens with one attached hydrogen (secondary N) is 2. The minimum atomic E-state index is 0.826. The van der Waals surface area contributed by atoms with Gasteiger partial charge in [-0.2, -0.15) is 0 Å². The van der Waals surface area contributed by atoms with E-state index in [0.29, 0.717) is 0 Å². The van der Waals surface area contributed by atoms with E-state index in [2.05, 4.69) is 24.5 Å². The molecule has 0 spiro atoms. The van der Waals surface area contributed by atoms with Crippen molar-refractivity contribution >= 4 is 0 Å². The van der Waals surface area contributed by atoms with E-state index in [1.807, 2.05) is 0 Å². The van der Waals surface area contributed by atoms with Crippen molar-refractivity contribution in [3.8, 4) is 0 Å². The molecule has 2 heteroatoms. The van der Waals surface area contributed by atoms with Crippen LogP contribution in [0.2, 0.25) is 0 Å². The second-order valence-corrected chi connectivity index (χ2v) is 6.06. The minimum absolute atomic E-state index is 0.826. The third-order valence-electron chi connectivity index (χ3n) is 3.95. The van der Waals surface area contributed by atoms with Crippen molar-refractivity contribution < 1.29 is 0 Å². The Hall–Kier alpha value is -0.0800. The quantitative estimate of drug-likeness (QED) is 0.588. The number of hydrogen-bond acceptors (Lipinski definition) is 2. The van der Waals surface area contributed by atoms with Crippen LogP contribution in [0.3, 0.4) is 0 Å². The van der Waals surface area contributed by atoms with E-state index >= 15 is 0 Å². The average Bonchev–Trinajstić information content (AvgIpc) is 3.11. The van der Waals surface area contributed by atoms with Crippen LogP contribution in [0.25, 0.3) is 0 Å². The van der Waals surface area contributed by atoms with Gasteiger partial charge in [-0.05, 0) is 63.5 Å². The maximum absolute atomic E-state index is 3.68. The second-order valence-electron chi connectivity index (χ2n) is 6.06. The Balaban J connectivity index is 1.52. The normalized spacial score (nSPS) is 22.7. The number of hydrogen-bond donors (Lipinski definition) is 2. The Morgan fingerprint density at radius 2 is 1.62 bits per heavy atom. The zero-order valence-electron chi connectivity index (χ0n) is 11.0. The lowest BCUT2D eigenvalue weighted by Gasteiger charge is -2.21. The molecular weight excluding hydrogens is 196 g/mol. The average molecular weight is 224 g/mol. The smallest absolute Gasteiger partial charge is 0.00683 e. The van der Waals surface area contributed by atoms with E-state index in [0.717, 1.165) is 23.9 Å². The van der Waals surface area contributed by atoms with Crippen molar-refractivity contribution in [3.05, 3.63) is 0 Å². The Morgan fingerprint density at radius 3 is 2.19 bits per heavy atom. The molecule has 0 heterocycles. The van der Waals surface area contributed by atoms with Crippen molar-refractivity contribution in [2.45, 2.75) is 64.5 Å². The molecule has 2 N–H and O–H groups in total. The molecule has 0 aromatic carbocycles. The first-order chi connectivity index (χ1) is 7.75. The predicted molar refractivity (Wildman–Crippen MR) is 69.6 cm³/mol. The molecule has 0 aromatic heterocycles. The molecule has 2 fully saturated rings. The Labute approximate surface area is 101 Å². The summed E-state index contributed by atoms with van der Waals surface area (Å²) in [4.78, 5) is 0. The van der Waals surface area contributed by atoms with Crippen molar-refractivity contribution in [2.24, 2.45) is 11.8 Å². The maximum Gasteiger partial charge on any atom is 0.00683 e. The fraction of sp³-hybridized carbons (Fsp3) is 1.00. The van der Waals surface area contributed by atoms with Crippen LogP contribution >= 0.6 is 0 Å². The molecule has 0 saturated heterocycles. The first-order valence-electron chi connectivity index (χ1n) is 7.22. The SMILES string of the molecule is CC(C)C(CCCNC1CC1)CNC1CC1. The molecule has 94 valence electrons. The second kappa shape index (κ2) is 6.02. The monoisotopic (exact) mass is 224 g/mol. The highest BCUT2D eigenvalue weighted by molar-refractivity contribution is 4.83. The third-order valence-corrected chi connectivity index (χ3v) is 3.95. The van der Waals surface area contributed by atoms with E-state index in [4.69, 9.17) is 0 Å². The van der Waals surface area contributed by atoms with Crippen LogP contribution in [0, 0.1) is 11.8 Å². The van der Waals surface area contributed by atoms with Gasteiger partial charge in [0.25, 0.3) is 0 Å². The molecule has 0 radical (unpaired) electrons. The summed E-state index contributed by atoms with van der Waals surface area (Å²) in [6, 6.07) is 1.74. The van der Waals surface area contributed by atoms with Crippen molar-refractivity contribution in [1.29, 1.82) is 0 Å². The summed E-state index contributed by atoms with van der Waals surface area (Å²) in [7, 11) is 0. The Morgan fingerprint density at radius 1 is 1.00 bits per heavy atom. The van der Waals surface area contributed by atoms with E-state index < -0.39 is 0 Å². The van der Waals surface area contributed by atoms with Gasteiger partial charge in [0, 0.05) is 12.1 Å². The van der Waals surface area contributed by atoms with Gasteiger partial charge in [0.05, 0.1) is 0 Å². The van der Waals surface area contributed by atoms with Crippen LogP contribution in [-0.4, -0.2) is 25.2 Å². The first kappa shape index (κ1) is 12.4. The van der Waals surface area contributed by atoms with Crippen LogP contribution < -0.4 is 10.6 Å². The highest BCUT2D eigenvalue weighted by atomic mass is 15.0. The maximum atomic E-state index is 3.68. The van der Waals surface area contributed by atoms with Gasteiger partial charge in [-0.15, -0.1) is 0 Å². The van der Waals surface area contributed by atoms with Crippen molar-refractivity contribution in [2.75, 3.05) is 13.1 Å². The van der Waals surface area contributed by atoms with Gasteiger partial charge in [0.2, 0.25) is 0 Å². The summed E-state index contributed by atoms with van der Waals surface area (Å²) in [6.45, 7) is 7.21. The number of rotatable bonds is 9. The topological polar surface area (TPSA) is 24.1 Å². The van der Waals surface area contributed by atoms with Gasteiger partial charge >= 0.3 is 0 Å². The first-order valence-corrected chi connectivity index (χ1v) is 7.22. The Kier molecular flexibility index (Phi) is 4.66. The van der Waals surface area contributed by atoms with E-state index in [-0.39, 0.29) is 0 Å². The fourth-order valence-electron chi connectivity index (χ4n) is 2.23. The zero-order chi connectivity index (χ0) is 11.4. The summed E-state index contributed by atoms with van der Waals surface area (Å²) < 4.78 is 0. The van der Waals surface area contributed by atoms with Gasteiger partial charge in [-0.25, -0.2) is 0 Å². The van der Waals surface area contributed by atoms with Crippen LogP contribution in [0.15, 0.2) is 0 Å². The molecule has 2 rings (SSSR count). The van der Waals surface area contributed by atoms with E-state index in [1.54, 1.807) is 0 Å². The molecule has 1 atom stereocenters. The lowest BCUT2D eigenvalue weighted by atomic mass is 9.91. The zero-order valence-corrected chi connectivity index (χ0v) is 11.0. The molecule has 0 bridgehead atoms. The lowest BCUT2D eigenvalue weighted by molar-refractivity contribution is 0.330. The van der Waals surface area contributed by atoms with E-state index in [1.165, 1.54) is 51.6 Å². The molecular formula is C14H28N2. The van der Waals surface area contributed by atoms with Crippen LogP contribution in [0.5, 0.6) is 0 Å². The summed E-state index contributed by atoms with van der Waals surface area (Å²) >= 11 is 0.